The number of hydrogen-bond donors (Lipinski definition) is 2. The van der Waals surface area contributed by atoms with Crippen molar-refractivity contribution < 1.29 is 18.3 Å². The molecule has 0 aliphatic carbocycles. The van der Waals surface area contributed by atoms with Gasteiger partial charge in [-0.25, -0.2) is 8.42 Å². The van der Waals surface area contributed by atoms with Crippen LogP contribution >= 0.6 is 15.9 Å². The molecule has 0 aromatic heterocycles. The van der Waals surface area contributed by atoms with Crippen LogP contribution in [-0.4, -0.2) is 51.2 Å². The van der Waals surface area contributed by atoms with Crippen molar-refractivity contribution in [3.8, 4) is 0 Å². The van der Waals surface area contributed by atoms with E-state index in [2.05, 4.69) is 15.9 Å². The van der Waals surface area contributed by atoms with Gasteiger partial charge in [-0.3, -0.25) is 0 Å². The van der Waals surface area contributed by atoms with Crippen molar-refractivity contribution in [3.05, 3.63) is 22.7 Å². The molecule has 0 spiro atoms. The van der Waals surface area contributed by atoms with E-state index >= 15 is 0 Å². The van der Waals surface area contributed by atoms with Gasteiger partial charge in [-0.1, -0.05) is 15.9 Å². The molecule has 1 atom stereocenters. The summed E-state index contributed by atoms with van der Waals surface area (Å²) >= 11 is 3.22. The molecule has 0 saturated heterocycles. The Labute approximate surface area is 121 Å². The molecule has 1 aromatic rings. The van der Waals surface area contributed by atoms with Crippen molar-refractivity contribution in [2.24, 2.45) is 0 Å². The number of nitrogen functional groups attached to an aromatic ring is 1. The lowest BCUT2D eigenvalue weighted by Gasteiger charge is -2.21. The number of halogens is 1. The Balaban J connectivity index is 2.97. The molecule has 0 amide bonds. The topological polar surface area (TPSA) is 92.9 Å². The van der Waals surface area contributed by atoms with Gasteiger partial charge >= 0.3 is 0 Å². The molecule has 0 radical (unpaired) electrons. The number of sulfonamides is 1. The quantitative estimate of drug-likeness (QED) is 0.733. The third kappa shape index (κ3) is 4.15. The molecule has 1 unspecified atom stereocenters. The van der Waals surface area contributed by atoms with Gasteiger partial charge in [0.15, 0.2) is 0 Å². The highest BCUT2D eigenvalue weighted by atomic mass is 79.9. The maximum atomic E-state index is 12.3. The zero-order valence-corrected chi connectivity index (χ0v) is 13.1. The van der Waals surface area contributed by atoms with Crippen molar-refractivity contribution in [2.45, 2.75) is 11.0 Å². The van der Waals surface area contributed by atoms with Gasteiger partial charge in [-0.05, 0) is 18.2 Å². The van der Waals surface area contributed by atoms with Gasteiger partial charge < -0.3 is 15.6 Å². The summed E-state index contributed by atoms with van der Waals surface area (Å²) in [4.78, 5) is 0.0165. The number of aliphatic hydroxyl groups excluding tert-OH is 1. The first-order valence-electron chi connectivity index (χ1n) is 5.47. The van der Waals surface area contributed by atoms with Crippen LogP contribution in [-0.2, 0) is 14.8 Å². The first-order valence-corrected chi connectivity index (χ1v) is 7.70. The Morgan fingerprint density at radius 1 is 1.53 bits per heavy atom. The van der Waals surface area contributed by atoms with Gasteiger partial charge in [-0.15, -0.1) is 0 Å². The molecule has 0 fully saturated rings. The fourth-order valence-corrected chi connectivity index (χ4v) is 3.24. The molecule has 0 bridgehead atoms. The number of nitrogens with two attached hydrogens (primary N) is 1. The number of rotatable bonds is 6. The summed E-state index contributed by atoms with van der Waals surface area (Å²) in [7, 11) is -0.908. The van der Waals surface area contributed by atoms with E-state index in [9.17, 15) is 13.5 Å². The average Bonchev–Trinajstić information content (AvgIpc) is 2.28. The molecule has 108 valence electrons. The number of methoxy groups -OCH3 is 1. The highest BCUT2D eigenvalue weighted by Crippen LogP contribution is 2.25. The largest absolute Gasteiger partial charge is 0.398 e. The monoisotopic (exact) mass is 352 g/mol. The molecule has 0 aliphatic heterocycles. The molecule has 19 heavy (non-hydrogen) atoms. The molecule has 0 heterocycles. The Bertz CT molecular complexity index is 535. The minimum Gasteiger partial charge on any atom is -0.398 e. The number of ether oxygens (including phenoxy) is 1. The summed E-state index contributed by atoms with van der Waals surface area (Å²) in [6, 6.07) is 4.54. The van der Waals surface area contributed by atoms with Gasteiger partial charge in [0.1, 0.15) is 4.90 Å². The minimum atomic E-state index is -3.73. The number of hydrogen-bond acceptors (Lipinski definition) is 5. The lowest BCUT2D eigenvalue weighted by molar-refractivity contribution is 0.0554. The number of benzene rings is 1. The molecule has 3 N–H and O–H groups in total. The van der Waals surface area contributed by atoms with Gasteiger partial charge in [0.25, 0.3) is 0 Å². The third-order valence-corrected chi connectivity index (χ3v) is 4.88. The number of anilines is 1. The standard InChI is InChI=1S/C11H17BrN2O4S/c1-14(6-9(15)7-18-2)19(16,17)11-4-3-8(12)5-10(11)13/h3-5,9,15H,6-7,13H2,1-2H3. The van der Waals surface area contributed by atoms with Crippen LogP contribution in [0.4, 0.5) is 5.69 Å². The van der Waals surface area contributed by atoms with Gasteiger partial charge in [-0.2, -0.15) is 4.31 Å². The zero-order chi connectivity index (χ0) is 14.6. The van der Waals surface area contributed by atoms with E-state index in [4.69, 9.17) is 10.5 Å². The van der Waals surface area contributed by atoms with E-state index in [0.29, 0.717) is 4.47 Å². The van der Waals surface area contributed by atoms with E-state index < -0.39 is 16.1 Å². The number of likely N-dealkylation sites (N-methyl/N-ethyl adjacent to an activating group) is 1. The van der Waals surface area contributed by atoms with E-state index in [1.54, 1.807) is 6.07 Å². The van der Waals surface area contributed by atoms with Crippen LogP contribution in [0.3, 0.4) is 0 Å². The predicted octanol–water partition coefficient (Wildman–Crippen LogP) is 0.659. The summed E-state index contributed by atoms with van der Waals surface area (Å²) in [5, 5.41) is 9.57. The summed E-state index contributed by atoms with van der Waals surface area (Å²) in [5.74, 6) is 0. The zero-order valence-electron chi connectivity index (χ0n) is 10.7. The van der Waals surface area contributed by atoms with E-state index in [1.807, 2.05) is 0 Å². The second-order valence-corrected chi connectivity index (χ2v) is 7.01. The molecular formula is C11H17BrN2O4S. The van der Waals surface area contributed by atoms with Crippen molar-refractivity contribution in [2.75, 3.05) is 33.0 Å². The Hall–Kier alpha value is -0.670. The normalized spacial score (nSPS) is 13.7. The Morgan fingerprint density at radius 3 is 2.68 bits per heavy atom. The molecule has 0 saturated carbocycles. The van der Waals surface area contributed by atoms with Crippen LogP contribution < -0.4 is 5.73 Å². The fourth-order valence-electron chi connectivity index (χ4n) is 1.56. The van der Waals surface area contributed by atoms with Crippen LogP contribution in [0, 0.1) is 0 Å². The predicted molar refractivity (Wildman–Crippen MR) is 76.3 cm³/mol. The fraction of sp³-hybridized carbons (Fsp3) is 0.455. The highest BCUT2D eigenvalue weighted by molar-refractivity contribution is 9.10. The molecule has 6 nitrogen and oxygen atoms in total. The minimum absolute atomic E-state index is 0.0165. The summed E-state index contributed by atoms with van der Waals surface area (Å²) in [6.07, 6.45) is -0.888. The van der Waals surface area contributed by atoms with Crippen LogP contribution in [0.1, 0.15) is 0 Å². The molecule has 0 aliphatic rings. The summed E-state index contributed by atoms with van der Waals surface area (Å²) in [5.41, 5.74) is 5.87. The average molecular weight is 353 g/mol. The summed E-state index contributed by atoms with van der Waals surface area (Å²) in [6.45, 7) is 0.00135. The lowest BCUT2D eigenvalue weighted by atomic mass is 10.3. The Kier molecular flexibility index (Phi) is 5.75. The van der Waals surface area contributed by atoms with E-state index in [-0.39, 0.29) is 23.7 Å². The third-order valence-electron chi connectivity index (χ3n) is 2.49. The van der Waals surface area contributed by atoms with Gasteiger partial charge in [0.2, 0.25) is 10.0 Å². The van der Waals surface area contributed by atoms with Crippen molar-refractivity contribution in [1.29, 1.82) is 0 Å². The van der Waals surface area contributed by atoms with Gasteiger partial charge in [0, 0.05) is 25.2 Å². The van der Waals surface area contributed by atoms with Crippen LogP contribution in [0.15, 0.2) is 27.6 Å². The Morgan fingerprint density at radius 2 is 2.16 bits per heavy atom. The second-order valence-electron chi connectivity index (χ2n) is 4.08. The van der Waals surface area contributed by atoms with Crippen molar-refractivity contribution in [3.63, 3.8) is 0 Å². The highest BCUT2D eigenvalue weighted by Gasteiger charge is 2.25. The molecule has 8 heteroatoms. The second kappa shape index (κ2) is 6.67. The molecular weight excluding hydrogens is 336 g/mol. The number of nitrogens with zero attached hydrogens (tertiary/aromatic N) is 1. The van der Waals surface area contributed by atoms with E-state index in [1.165, 1.54) is 26.3 Å². The van der Waals surface area contributed by atoms with Gasteiger partial charge in [0.05, 0.1) is 18.4 Å². The number of aliphatic hydroxyl groups is 1. The van der Waals surface area contributed by atoms with Crippen LogP contribution in [0.5, 0.6) is 0 Å². The summed E-state index contributed by atoms with van der Waals surface area (Å²) < 4.78 is 31.1. The maximum absolute atomic E-state index is 12.3. The van der Waals surface area contributed by atoms with Crippen LogP contribution in [0.2, 0.25) is 0 Å². The molecule has 1 rings (SSSR count). The van der Waals surface area contributed by atoms with Crippen LogP contribution in [0.25, 0.3) is 0 Å². The SMILES string of the molecule is COCC(O)CN(C)S(=O)(=O)c1ccc(Br)cc1N. The van der Waals surface area contributed by atoms with E-state index in [0.717, 1.165) is 4.31 Å². The smallest absolute Gasteiger partial charge is 0.244 e. The first kappa shape index (κ1) is 16.4. The molecule has 1 aromatic carbocycles. The first-order chi connectivity index (χ1) is 8.78. The van der Waals surface area contributed by atoms with Crippen molar-refractivity contribution >= 4 is 31.6 Å². The lowest BCUT2D eigenvalue weighted by Crippen LogP contribution is -2.36. The van der Waals surface area contributed by atoms with Crippen molar-refractivity contribution in [1.82, 2.24) is 4.31 Å². The maximum Gasteiger partial charge on any atom is 0.244 e.